The molecule has 29 heavy (non-hydrogen) atoms. The van der Waals surface area contributed by atoms with Crippen molar-refractivity contribution in [1.82, 2.24) is 4.90 Å². The Morgan fingerprint density at radius 3 is 2.69 bits per heavy atom. The van der Waals surface area contributed by atoms with Crippen LogP contribution in [0.25, 0.3) is 0 Å². The number of amides is 1. The van der Waals surface area contributed by atoms with Gasteiger partial charge in [-0.3, -0.25) is 9.59 Å². The number of ether oxygens (including phenoxy) is 1. The molecule has 0 aromatic heterocycles. The van der Waals surface area contributed by atoms with E-state index in [2.05, 4.69) is 9.71 Å². The summed E-state index contributed by atoms with van der Waals surface area (Å²) in [5, 5.41) is 2.56. The van der Waals surface area contributed by atoms with Gasteiger partial charge in [-0.15, -0.1) is 4.40 Å². The molecule has 0 radical (unpaired) electrons. The lowest BCUT2D eigenvalue weighted by molar-refractivity contribution is -0.148. The molecule has 2 heterocycles. The van der Waals surface area contributed by atoms with E-state index < -0.39 is 28.0 Å². The van der Waals surface area contributed by atoms with Gasteiger partial charge >= 0.3 is 5.97 Å². The fourth-order valence-electron chi connectivity index (χ4n) is 2.79. The van der Waals surface area contributed by atoms with Crippen molar-refractivity contribution in [1.29, 1.82) is 0 Å². The fraction of sp³-hybridized carbons (Fsp3) is 0.263. The van der Waals surface area contributed by atoms with Gasteiger partial charge < -0.3 is 15.0 Å². The van der Waals surface area contributed by atoms with Crippen LogP contribution in [0.15, 0.2) is 52.6 Å². The number of fused-ring (bicyclic) bond motifs is 1. The number of carbonyl (C=O) groups is 3. The molecule has 3 rings (SSSR count). The number of nitrogens with zero attached hydrogens (tertiary/aromatic N) is 2. The molecule has 1 aromatic carbocycles. The van der Waals surface area contributed by atoms with Gasteiger partial charge in [0, 0.05) is 18.3 Å². The van der Waals surface area contributed by atoms with Crippen molar-refractivity contribution < 1.29 is 27.5 Å². The average molecular weight is 417 g/mol. The van der Waals surface area contributed by atoms with Crippen molar-refractivity contribution >= 4 is 39.2 Å². The van der Waals surface area contributed by atoms with Gasteiger partial charge in [0.25, 0.3) is 15.9 Å². The highest BCUT2D eigenvalue weighted by Crippen LogP contribution is 2.20. The monoisotopic (exact) mass is 417 g/mol. The predicted molar refractivity (Wildman–Crippen MR) is 106 cm³/mol. The number of para-hydroxylation sites is 1. The first kappa shape index (κ1) is 20.5. The lowest BCUT2D eigenvalue weighted by Gasteiger charge is -2.28. The maximum absolute atomic E-state index is 12.5. The third-order valence-electron chi connectivity index (χ3n) is 4.29. The van der Waals surface area contributed by atoms with Gasteiger partial charge in [0.2, 0.25) is 0 Å². The molecule has 1 amide bonds. The normalized spacial score (nSPS) is 18.1. The number of ketones is 1. The summed E-state index contributed by atoms with van der Waals surface area (Å²) in [6, 6.07) is 6.47. The number of hydrogen-bond acceptors (Lipinski definition) is 7. The Morgan fingerprint density at radius 1 is 1.24 bits per heavy atom. The minimum Gasteiger partial charge on any atom is -0.449 e. The molecule has 9 nitrogen and oxygen atoms in total. The summed E-state index contributed by atoms with van der Waals surface area (Å²) < 4.78 is 32.4. The second-order valence-electron chi connectivity index (χ2n) is 6.45. The highest BCUT2D eigenvalue weighted by molar-refractivity contribution is 7.90. The van der Waals surface area contributed by atoms with Crippen molar-refractivity contribution in [2.75, 3.05) is 17.6 Å². The van der Waals surface area contributed by atoms with E-state index in [4.69, 9.17) is 4.74 Å². The predicted octanol–water partition coefficient (Wildman–Crippen LogP) is 1.26. The molecule has 0 unspecified atom stereocenters. The molecule has 1 atom stereocenters. The topological polar surface area (TPSA) is 122 Å². The highest BCUT2D eigenvalue weighted by Gasteiger charge is 2.32. The molecule has 0 saturated heterocycles. The van der Waals surface area contributed by atoms with E-state index in [-0.39, 0.29) is 29.5 Å². The van der Waals surface area contributed by atoms with Crippen molar-refractivity contribution in [2.24, 2.45) is 4.40 Å². The van der Waals surface area contributed by atoms with Crippen LogP contribution in [0.2, 0.25) is 0 Å². The Bertz CT molecular complexity index is 1070. The molecule has 2 aliphatic heterocycles. The number of carbonyl (C=O) groups excluding carboxylic acids is 3. The van der Waals surface area contributed by atoms with Gasteiger partial charge in [0.15, 0.2) is 17.7 Å². The van der Waals surface area contributed by atoms with E-state index in [1.807, 2.05) is 0 Å². The van der Waals surface area contributed by atoms with Crippen LogP contribution < -0.4 is 5.32 Å². The van der Waals surface area contributed by atoms with Gasteiger partial charge in [-0.1, -0.05) is 12.1 Å². The minimum absolute atomic E-state index is 0.0294. The van der Waals surface area contributed by atoms with Crippen molar-refractivity contribution in [3.63, 3.8) is 0 Å². The number of rotatable bonds is 5. The summed E-state index contributed by atoms with van der Waals surface area (Å²) in [5.41, 5.74) is 0.582. The molecule has 0 saturated carbocycles. The Labute approximate surface area is 167 Å². The SMILES string of the molecule is CC(=O)c1ccccc1NC(=O)[C@@H](C)OC(=O)C1=CC=CN2CCS(=O)(=O)N=C12. The number of benzene rings is 1. The number of amidine groups is 1. The molecular formula is C19H19N3O6S. The summed E-state index contributed by atoms with van der Waals surface area (Å²) in [4.78, 5) is 38.2. The smallest absolute Gasteiger partial charge is 0.342 e. The van der Waals surface area contributed by atoms with Crippen LogP contribution >= 0.6 is 0 Å². The van der Waals surface area contributed by atoms with Gasteiger partial charge in [0.05, 0.1) is 11.4 Å². The molecule has 0 bridgehead atoms. The van der Waals surface area contributed by atoms with Crippen molar-refractivity contribution in [3.05, 3.63) is 53.8 Å². The summed E-state index contributed by atoms with van der Waals surface area (Å²) >= 11 is 0. The van der Waals surface area contributed by atoms with Crippen LogP contribution in [0.3, 0.4) is 0 Å². The number of anilines is 1. The Morgan fingerprint density at radius 2 is 1.97 bits per heavy atom. The molecule has 1 N–H and O–H groups in total. The lowest BCUT2D eigenvalue weighted by Crippen LogP contribution is -2.41. The number of hydrogen-bond donors (Lipinski definition) is 1. The summed E-state index contributed by atoms with van der Waals surface area (Å²) in [6.45, 7) is 2.92. The maximum Gasteiger partial charge on any atom is 0.342 e. The van der Waals surface area contributed by atoms with Gasteiger partial charge in [-0.25, -0.2) is 13.2 Å². The van der Waals surface area contributed by atoms with E-state index in [0.717, 1.165) is 0 Å². The molecule has 2 aliphatic rings. The number of nitrogens with one attached hydrogen (secondary N) is 1. The maximum atomic E-state index is 12.5. The standard InChI is InChI=1S/C19H19N3O6S/c1-12(23)14-6-3-4-8-16(14)20-18(24)13(2)28-19(25)15-7-5-9-22-10-11-29(26,27)21-17(15)22/h3-9,13H,10-11H2,1-2H3,(H,20,24)/t13-/m1/s1. The van der Waals surface area contributed by atoms with E-state index in [9.17, 15) is 22.8 Å². The van der Waals surface area contributed by atoms with E-state index in [1.54, 1.807) is 36.5 Å². The van der Waals surface area contributed by atoms with Crippen molar-refractivity contribution in [2.45, 2.75) is 20.0 Å². The number of esters is 1. The second-order valence-corrected chi connectivity index (χ2v) is 8.21. The molecular weight excluding hydrogens is 398 g/mol. The minimum atomic E-state index is -3.67. The second kappa shape index (κ2) is 8.00. The summed E-state index contributed by atoms with van der Waals surface area (Å²) in [6.07, 6.45) is 3.37. The summed E-state index contributed by atoms with van der Waals surface area (Å²) in [7, 11) is -3.67. The molecule has 0 spiro atoms. The van der Waals surface area contributed by atoms with E-state index >= 15 is 0 Å². The largest absolute Gasteiger partial charge is 0.449 e. The van der Waals surface area contributed by atoms with Crippen LogP contribution in [0, 0.1) is 0 Å². The van der Waals surface area contributed by atoms with Gasteiger partial charge in [-0.2, -0.15) is 0 Å². The molecule has 1 aromatic rings. The van der Waals surface area contributed by atoms with Crippen molar-refractivity contribution in [3.8, 4) is 0 Å². The zero-order valence-corrected chi connectivity index (χ0v) is 16.6. The van der Waals surface area contributed by atoms with Crippen LogP contribution in [-0.2, 0) is 24.3 Å². The van der Waals surface area contributed by atoms with E-state index in [1.165, 1.54) is 24.8 Å². The number of sulfonamides is 1. The first-order chi connectivity index (χ1) is 13.7. The first-order valence-electron chi connectivity index (χ1n) is 8.78. The zero-order valence-electron chi connectivity index (χ0n) is 15.8. The van der Waals surface area contributed by atoms with Gasteiger partial charge in [-0.05, 0) is 38.1 Å². The Hall–Kier alpha value is -3.27. The fourth-order valence-corrected chi connectivity index (χ4v) is 3.77. The molecule has 10 heteroatoms. The van der Waals surface area contributed by atoms with Crippen LogP contribution in [0.4, 0.5) is 5.69 Å². The zero-order chi connectivity index (χ0) is 21.2. The van der Waals surface area contributed by atoms with Crippen LogP contribution in [0.1, 0.15) is 24.2 Å². The third kappa shape index (κ3) is 4.60. The molecule has 0 aliphatic carbocycles. The number of Topliss-reactive ketones (excluding diaryl/α,β-unsaturated/α-hetero) is 1. The highest BCUT2D eigenvalue weighted by atomic mass is 32.2. The van der Waals surface area contributed by atoms with Gasteiger partial charge in [0.1, 0.15) is 5.57 Å². The first-order valence-corrected chi connectivity index (χ1v) is 10.4. The quantitative estimate of drug-likeness (QED) is 0.565. The van der Waals surface area contributed by atoms with E-state index in [0.29, 0.717) is 11.3 Å². The summed E-state index contributed by atoms with van der Waals surface area (Å²) in [5.74, 6) is -1.91. The third-order valence-corrected chi connectivity index (χ3v) is 5.44. The molecule has 0 fully saturated rings. The van der Waals surface area contributed by atoms with Crippen LogP contribution in [0.5, 0.6) is 0 Å². The van der Waals surface area contributed by atoms with Crippen LogP contribution in [-0.4, -0.2) is 55.2 Å². The average Bonchev–Trinajstić information content (AvgIpc) is 2.66. The Balaban J connectivity index is 1.73. The number of allylic oxidation sites excluding steroid dienone is 2. The Kier molecular flexibility index (Phi) is 5.64. The lowest BCUT2D eigenvalue weighted by atomic mass is 10.1. The molecule has 152 valence electrons.